The van der Waals surface area contributed by atoms with Crippen LogP contribution in [0.1, 0.15) is 28.2 Å². The zero-order valence-corrected chi connectivity index (χ0v) is 16.1. The lowest BCUT2D eigenvalue weighted by molar-refractivity contribution is -0.385. The summed E-state index contributed by atoms with van der Waals surface area (Å²) < 4.78 is 11.3. The third-order valence-electron chi connectivity index (χ3n) is 5.43. The van der Waals surface area contributed by atoms with Crippen molar-refractivity contribution in [2.75, 3.05) is 33.9 Å². The van der Waals surface area contributed by atoms with Gasteiger partial charge in [-0.05, 0) is 36.7 Å². The van der Waals surface area contributed by atoms with E-state index in [-0.39, 0.29) is 16.5 Å². The minimum atomic E-state index is -0.328. The number of methoxy groups -OCH3 is 1. The van der Waals surface area contributed by atoms with Crippen LogP contribution in [0.4, 0.5) is 5.69 Å². The molecule has 0 amide bonds. The highest BCUT2D eigenvalue weighted by molar-refractivity contribution is 6.32. The highest BCUT2D eigenvalue weighted by Crippen LogP contribution is 2.44. The Balaban J connectivity index is 1.92. The fourth-order valence-corrected chi connectivity index (χ4v) is 4.33. The standard InChI is InChI=1S/C20H21ClN2O4/c1-22-5-3-12-8-18(21)19(26-2)10-15(12)17(11-22)16-9-14(23(24)25)7-13-4-6-27-20(13)16/h7-10,17H,3-6,11H2,1-2H3. The number of likely N-dealkylation sites (N-methyl/N-ethyl adjacent to an activating group) is 1. The molecule has 27 heavy (non-hydrogen) atoms. The summed E-state index contributed by atoms with van der Waals surface area (Å²) in [7, 11) is 3.66. The molecule has 2 aromatic rings. The number of hydrogen-bond acceptors (Lipinski definition) is 5. The molecule has 7 heteroatoms. The molecular formula is C20H21ClN2O4. The summed E-state index contributed by atoms with van der Waals surface area (Å²) in [5.41, 5.74) is 4.14. The number of non-ortho nitro benzene ring substituents is 1. The van der Waals surface area contributed by atoms with Gasteiger partial charge in [0, 0.05) is 48.7 Å². The van der Waals surface area contributed by atoms with Crippen molar-refractivity contribution in [1.29, 1.82) is 0 Å². The third kappa shape index (κ3) is 3.24. The molecule has 2 aliphatic heterocycles. The van der Waals surface area contributed by atoms with Gasteiger partial charge in [0.05, 0.1) is 23.7 Å². The van der Waals surface area contributed by atoms with E-state index in [1.54, 1.807) is 19.2 Å². The van der Waals surface area contributed by atoms with E-state index in [0.717, 1.165) is 47.5 Å². The number of hydrogen-bond donors (Lipinski definition) is 0. The van der Waals surface area contributed by atoms with Gasteiger partial charge >= 0.3 is 0 Å². The number of benzene rings is 2. The number of halogens is 1. The van der Waals surface area contributed by atoms with Crippen LogP contribution in [0.3, 0.4) is 0 Å². The molecule has 0 saturated carbocycles. The maximum absolute atomic E-state index is 11.5. The maximum atomic E-state index is 11.5. The number of fused-ring (bicyclic) bond motifs is 2. The molecule has 2 aliphatic rings. The molecule has 0 fully saturated rings. The normalized spacial score (nSPS) is 19.0. The van der Waals surface area contributed by atoms with Crippen LogP contribution in [0.25, 0.3) is 0 Å². The van der Waals surface area contributed by atoms with Gasteiger partial charge in [0.1, 0.15) is 11.5 Å². The molecule has 0 N–H and O–H groups in total. The van der Waals surface area contributed by atoms with E-state index in [2.05, 4.69) is 11.9 Å². The minimum absolute atomic E-state index is 0.0505. The Morgan fingerprint density at radius 2 is 2.04 bits per heavy atom. The molecule has 0 saturated heterocycles. The van der Waals surface area contributed by atoms with Crippen molar-refractivity contribution in [1.82, 2.24) is 4.90 Å². The van der Waals surface area contributed by atoms with Gasteiger partial charge in [-0.15, -0.1) is 0 Å². The largest absolute Gasteiger partial charge is 0.495 e. The van der Waals surface area contributed by atoms with Crippen LogP contribution in [-0.4, -0.2) is 43.7 Å². The molecule has 1 unspecified atom stereocenters. The summed E-state index contributed by atoms with van der Waals surface area (Å²) in [4.78, 5) is 13.4. The average Bonchev–Trinajstić information content (AvgIpc) is 3.06. The number of nitro benzene ring substituents is 1. The second kappa shape index (κ2) is 7.02. The van der Waals surface area contributed by atoms with Crippen LogP contribution in [0.15, 0.2) is 24.3 Å². The SMILES string of the molecule is COc1cc2c(cc1Cl)CCN(C)CC2c1cc([N+](=O)[O-])cc2c1OCC2. The highest BCUT2D eigenvalue weighted by atomic mass is 35.5. The molecule has 142 valence electrons. The van der Waals surface area contributed by atoms with Crippen molar-refractivity contribution in [3.8, 4) is 11.5 Å². The van der Waals surface area contributed by atoms with Gasteiger partial charge in [0.15, 0.2) is 0 Å². The molecule has 0 bridgehead atoms. The second-order valence-electron chi connectivity index (χ2n) is 7.13. The molecular weight excluding hydrogens is 368 g/mol. The first-order valence-corrected chi connectivity index (χ1v) is 9.34. The van der Waals surface area contributed by atoms with E-state index in [0.29, 0.717) is 23.8 Å². The zero-order chi connectivity index (χ0) is 19.1. The quantitative estimate of drug-likeness (QED) is 0.591. The Morgan fingerprint density at radius 3 is 2.78 bits per heavy atom. The van der Waals surface area contributed by atoms with Gasteiger partial charge in [0.25, 0.3) is 5.69 Å². The third-order valence-corrected chi connectivity index (χ3v) is 5.72. The van der Waals surface area contributed by atoms with Crippen molar-refractivity contribution in [3.05, 3.63) is 61.7 Å². The second-order valence-corrected chi connectivity index (χ2v) is 7.54. The smallest absolute Gasteiger partial charge is 0.270 e. The van der Waals surface area contributed by atoms with Crippen molar-refractivity contribution in [2.24, 2.45) is 0 Å². The summed E-state index contributed by atoms with van der Waals surface area (Å²) in [6.45, 7) is 2.20. The summed E-state index contributed by atoms with van der Waals surface area (Å²) in [6, 6.07) is 7.23. The summed E-state index contributed by atoms with van der Waals surface area (Å²) in [5.74, 6) is 1.36. The van der Waals surface area contributed by atoms with Crippen molar-refractivity contribution >= 4 is 17.3 Å². The van der Waals surface area contributed by atoms with E-state index < -0.39 is 0 Å². The van der Waals surface area contributed by atoms with Gasteiger partial charge in [-0.25, -0.2) is 0 Å². The predicted octanol–water partition coefficient (Wildman–Crippen LogP) is 3.81. The average molecular weight is 389 g/mol. The van der Waals surface area contributed by atoms with Crippen molar-refractivity contribution in [2.45, 2.75) is 18.8 Å². The number of nitro groups is 1. The van der Waals surface area contributed by atoms with Crippen LogP contribution < -0.4 is 9.47 Å². The summed E-state index contributed by atoms with van der Waals surface area (Å²) in [6.07, 6.45) is 1.56. The van der Waals surface area contributed by atoms with E-state index in [1.165, 1.54) is 0 Å². The predicted molar refractivity (Wildman–Crippen MR) is 103 cm³/mol. The van der Waals surface area contributed by atoms with E-state index in [9.17, 15) is 10.1 Å². The molecule has 2 heterocycles. The van der Waals surface area contributed by atoms with Gasteiger partial charge in [-0.3, -0.25) is 10.1 Å². The molecule has 2 aromatic carbocycles. The topological polar surface area (TPSA) is 64.8 Å². The van der Waals surface area contributed by atoms with Crippen molar-refractivity contribution < 1.29 is 14.4 Å². The number of rotatable bonds is 3. The minimum Gasteiger partial charge on any atom is -0.495 e. The lowest BCUT2D eigenvalue weighted by Crippen LogP contribution is -2.24. The fourth-order valence-electron chi connectivity index (χ4n) is 4.07. The molecule has 1 atom stereocenters. The van der Waals surface area contributed by atoms with Gasteiger partial charge in [-0.1, -0.05) is 11.6 Å². The van der Waals surface area contributed by atoms with Crippen LogP contribution in [0.5, 0.6) is 11.5 Å². The van der Waals surface area contributed by atoms with Crippen LogP contribution in [0.2, 0.25) is 5.02 Å². The van der Waals surface area contributed by atoms with Gasteiger partial charge < -0.3 is 14.4 Å². The van der Waals surface area contributed by atoms with Crippen molar-refractivity contribution in [3.63, 3.8) is 0 Å². The monoisotopic (exact) mass is 388 g/mol. The Kier molecular flexibility index (Phi) is 4.70. The van der Waals surface area contributed by atoms with Crippen LogP contribution in [-0.2, 0) is 12.8 Å². The highest BCUT2D eigenvalue weighted by Gasteiger charge is 2.31. The molecule has 6 nitrogen and oxygen atoms in total. The first-order valence-electron chi connectivity index (χ1n) is 8.96. The molecule has 0 aliphatic carbocycles. The van der Waals surface area contributed by atoms with Gasteiger partial charge in [-0.2, -0.15) is 0 Å². The van der Waals surface area contributed by atoms with E-state index in [4.69, 9.17) is 21.1 Å². The summed E-state index contributed by atoms with van der Waals surface area (Å²) >= 11 is 6.35. The Morgan fingerprint density at radius 1 is 1.22 bits per heavy atom. The molecule has 4 rings (SSSR count). The summed E-state index contributed by atoms with van der Waals surface area (Å²) in [5, 5.41) is 12.1. The maximum Gasteiger partial charge on any atom is 0.270 e. The lowest BCUT2D eigenvalue weighted by Gasteiger charge is -2.24. The molecule has 0 spiro atoms. The first-order chi connectivity index (χ1) is 13.0. The lowest BCUT2D eigenvalue weighted by atomic mass is 9.86. The Labute approximate surface area is 162 Å². The van der Waals surface area contributed by atoms with E-state index >= 15 is 0 Å². The first kappa shape index (κ1) is 18.1. The Hall–Kier alpha value is -2.31. The molecule has 0 radical (unpaired) electrons. The van der Waals surface area contributed by atoms with Crippen LogP contribution >= 0.6 is 11.6 Å². The Bertz CT molecular complexity index is 915. The number of ether oxygens (including phenoxy) is 2. The fraction of sp³-hybridized carbons (Fsp3) is 0.400. The van der Waals surface area contributed by atoms with E-state index in [1.807, 2.05) is 12.1 Å². The number of nitrogens with zero attached hydrogens (tertiary/aromatic N) is 2. The van der Waals surface area contributed by atoms with Gasteiger partial charge in [0.2, 0.25) is 0 Å². The zero-order valence-electron chi connectivity index (χ0n) is 15.3. The molecule has 0 aromatic heterocycles. The van der Waals surface area contributed by atoms with Crippen LogP contribution in [0, 0.1) is 10.1 Å².